The van der Waals surface area contributed by atoms with Gasteiger partial charge in [0, 0.05) is 11.9 Å². The van der Waals surface area contributed by atoms with E-state index in [4.69, 9.17) is 10.8 Å². The number of thioether (sulfide) groups is 1. The van der Waals surface area contributed by atoms with Gasteiger partial charge in [-0.15, -0.1) is 11.8 Å². The molecule has 0 aliphatic rings. The molecule has 0 fully saturated rings. The van der Waals surface area contributed by atoms with E-state index in [2.05, 4.69) is 0 Å². The van der Waals surface area contributed by atoms with E-state index in [0.29, 0.717) is 6.42 Å². The van der Waals surface area contributed by atoms with E-state index in [1.165, 1.54) is 11.8 Å². The van der Waals surface area contributed by atoms with Crippen molar-refractivity contribution in [2.75, 3.05) is 6.61 Å². The lowest BCUT2D eigenvalue weighted by Gasteiger charge is -2.14. The zero-order valence-corrected chi connectivity index (χ0v) is 9.13. The second kappa shape index (κ2) is 6.67. The van der Waals surface area contributed by atoms with Crippen LogP contribution in [0.5, 0.6) is 0 Å². The van der Waals surface area contributed by atoms with Gasteiger partial charge in [0.05, 0.1) is 5.25 Å². The number of rotatable bonds is 5. The van der Waals surface area contributed by atoms with Crippen LogP contribution in [0, 0.1) is 0 Å². The molecule has 0 aromatic heterocycles. The number of urea groups is 1. The fraction of sp³-hybridized carbons (Fsp3) is 0.750. The molecule has 0 rings (SSSR count). The molecule has 0 radical (unpaired) electrons. The molecular weight excluding hydrogens is 204 g/mol. The average molecular weight is 220 g/mol. The van der Waals surface area contributed by atoms with Gasteiger partial charge in [0.15, 0.2) is 0 Å². The zero-order chi connectivity index (χ0) is 11.1. The van der Waals surface area contributed by atoms with Gasteiger partial charge in [0.25, 0.3) is 0 Å². The quantitative estimate of drug-likeness (QED) is 0.611. The van der Waals surface area contributed by atoms with Gasteiger partial charge < -0.3 is 10.8 Å². The third-order valence-electron chi connectivity index (χ3n) is 1.59. The zero-order valence-electron chi connectivity index (χ0n) is 8.32. The van der Waals surface area contributed by atoms with Crippen molar-refractivity contribution in [3.05, 3.63) is 0 Å². The van der Waals surface area contributed by atoms with Crippen LogP contribution >= 0.6 is 11.8 Å². The molecule has 5 nitrogen and oxygen atoms in total. The second-order valence-corrected chi connectivity index (χ2v) is 4.74. The smallest absolute Gasteiger partial charge is 0.318 e. The van der Waals surface area contributed by atoms with Crippen molar-refractivity contribution in [3.8, 4) is 0 Å². The van der Waals surface area contributed by atoms with Crippen LogP contribution in [-0.4, -0.2) is 34.2 Å². The van der Waals surface area contributed by atoms with Crippen LogP contribution in [0.3, 0.4) is 0 Å². The van der Waals surface area contributed by atoms with E-state index in [-0.39, 0.29) is 17.1 Å². The highest BCUT2D eigenvalue weighted by atomic mass is 32.2. The van der Waals surface area contributed by atoms with E-state index >= 15 is 0 Å². The van der Waals surface area contributed by atoms with E-state index < -0.39 is 11.9 Å². The number of imide groups is 1. The minimum absolute atomic E-state index is 0.0956. The molecule has 4 N–H and O–H groups in total. The summed E-state index contributed by atoms with van der Waals surface area (Å²) >= 11 is 1.39. The summed E-state index contributed by atoms with van der Waals surface area (Å²) in [5.74, 6) is -0.396. The molecule has 0 aromatic carbocycles. The highest BCUT2D eigenvalue weighted by molar-refractivity contribution is 8.01. The van der Waals surface area contributed by atoms with Gasteiger partial charge in [-0.25, -0.2) is 4.79 Å². The summed E-state index contributed by atoms with van der Waals surface area (Å²) in [7, 11) is 0. The van der Waals surface area contributed by atoms with Crippen molar-refractivity contribution in [3.63, 3.8) is 0 Å². The van der Waals surface area contributed by atoms with Crippen LogP contribution in [-0.2, 0) is 4.79 Å². The standard InChI is InChI=1S/C8H16N2O3S/c1-5(3-4-11)14-6(2)7(12)10-8(9)13/h5-6,11H,3-4H2,1-2H3,(H3,9,10,12,13). The minimum atomic E-state index is -0.836. The first-order valence-corrected chi connectivity index (χ1v) is 5.28. The maximum absolute atomic E-state index is 11.2. The molecule has 0 heterocycles. The Hall–Kier alpha value is -0.750. The normalized spacial score (nSPS) is 14.5. The number of hydrogen-bond acceptors (Lipinski definition) is 4. The third-order valence-corrected chi connectivity index (χ3v) is 2.91. The first-order valence-electron chi connectivity index (χ1n) is 4.34. The molecule has 3 amide bonds. The van der Waals surface area contributed by atoms with E-state index in [1.807, 2.05) is 12.2 Å². The van der Waals surface area contributed by atoms with Gasteiger partial charge in [-0.1, -0.05) is 6.92 Å². The molecule has 0 saturated heterocycles. The fourth-order valence-electron chi connectivity index (χ4n) is 0.883. The highest BCUT2D eigenvalue weighted by Crippen LogP contribution is 2.19. The molecule has 0 saturated carbocycles. The SMILES string of the molecule is CC(CCO)SC(C)C(=O)NC(N)=O. The third kappa shape index (κ3) is 5.82. The minimum Gasteiger partial charge on any atom is -0.396 e. The second-order valence-electron chi connectivity index (χ2n) is 2.95. The maximum atomic E-state index is 11.2. The summed E-state index contributed by atoms with van der Waals surface area (Å²) in [6.07, 6.45) is 0.624. The van der Waals surface area contributed by atoms with Crippen LogP contribution in [0.15, 0.2) is 0 Å². The van der Waals surface area contributed by atoms with Crippen LogP contribution in [0.25, 0.3) is 0 Å². The molecule has 2 atom stereocenters. The topological polar surface area (TPSA) is 92.4 Å². The molecule has 0 aliphatic carbocycles. The van der Waals surface area contributed by atoms with Gasteiger partial charge in [-0.05, 0) is 13.3 Å². The largest absolute Gasteiger partial charge is 0.396 e. The number of carbonyl (C=O) groups excluding carboxylic acids is 2. The van der Waals surface area contributed by atoms with Crippen molar-refractivity contribution >= 4 is 23.7 Å². The molecule has 82 valence electrons. The first-order chi connectivity index (χ1) is 6.47. The number of primary amides is 1. The Morgan fingerprint density at radius 3 is 2.50 bits per heavy atom. The molecule has 0 aliphatic heterocycles. The summed E-state index contributed by atoms with van der Waals surface area (Å²) in [4.78, 5) is 21.6. The predicted octanol–water partition coefficient (Wildman–Crippen LogP) is 0.0739. The summed E-state index contributed by atoms with van der Waals surface area (Å²) in [5.41, 5.74) is 4.80. The Labute approximate surface area is 87.4 Å². The fourth-order valence-corrected chi connectivity index (χ4v) is 2.00. The van der Waals surface area contributed by atoms with Crippen molar-refractivity contribution in [2.24, 2.45) is 5.73 Å². The molecule has 0 bridgehead atoms. The number of carbonyl (C=O) groups is 2. The van der Waals surface area contributed by atoms with Crippen molar-refractivity contribution in [1.29, 1.82) is 0 Å². The summed E-state index contributed by atoms with van der Waals surface area (Å²) in [6, 6.07) is -0.836. The number of nitrogens with one attached hydrogen (secondary N) is 1. The van der Waals surface area contributed by atoms with Gasteiger partial charge in [-0.2, -0.15) is 0 Å². The van der Waals surface area contributed by atoms with Crippen LogP contribution in [0.4, 0.5) is 4.79 Å². The van der Waals surface area contributed by atoms with E-state index in [0.717, 1.165) is 0 Å². The number of aliphatic hydroxyl groups is 1. The summed E-state index contributed by atoms with van der Waals surface area (Å²) in [5, 5.41) is 10.5. The molecule has 0 aromatic rings. The lowest BCUT2D eigenvalue weighted by molar-refractivity contribution is -0.119. The molecule has 6 heteroatoms. The summed E-state index contributed by atoms with van der Waals surface area (Å²) in [6.45, 7) is 3.70. The monoisotopic (exact) mass is 220 g/mol. The lowest BCUT2D eigenvalue weighted by atomic mass is 10.3. The highest BCUT2D eigenvalue weighted by Gasteiger charge is 2.17. The average Bonchev–Trinajstić information content (AvgIpc) is 2.02. The van der Waals surface area contributed by atoms with Gasteiger partial charge in [0.2, 0.25) is 5.91 Å². The predicted molar refractivity (Wildman–Crippen MR) is 55.9 cm³/mol. The number of hydrogen-bond donors (Lipinski definition) is 3. The van der Waals surface area contributed by atoms with Crippen LogP contribution in [0.2, 0.25) is 0 Å². The number of aliphatic hydroxyl groups excluding tert-OH is 1. The van der Waals surface area contributed by atoms with E-state index in [9.17, 15) is 9.59 Å². The van der Waals surface area contributed by atoms with Gasteiger partial charge >= 0.3 is 6.03 Å². The Balaban J connectivity index is 3.88. The Morgan fingerprint density at radius 1 is 1.50 bits per heavy atom. The first kappa shape index (κ1) is 13.2. The van der Waals surface area contributed by atoms with Crippen molar-refractivity contribution in [1.82, 2.24) is 5.32 Å². The molecule has 2 unspecified atom stereocenters. The van der Waals surface area contributed by atoms with Crippen molar-refractivity contribution in [2.45, 2.75) is 30.8 Å². The maximum Gasteiger partial charge on any atom is 0.318 e. The van der Waals surface area contributed by atoms with E-state index in [1.54, 1.807) is 6.92 Å². The molecule has 14 heavy (non-hydrogen) atoms. The Kier molecular flexibility index (Phi) is 6.31. The van der Waals surface area contributed by atoms with Crippen LogP contribution in [0.1, 0.15) is 20.3 Å². The van der Waals surface area contributed by atoms with Gasteiger partial charge in [0.1, 0.15) is 0 Å². The molecular formula is C8H16N2O3S. The summed E-state index contributed by atoms with van der Waals surface area (Å²) < 4.78 is 0. The number of amides is 3. The van der Waals surface area contributed by atoms with Crippen molar-refractivity contribution < 1.29 is 14.7 Å². The Bertz CT molecular complexity index is 211. The lowest BCUT2D eigenvalue weighted by Crippen LogP contribution is -2.39. The number of nitrogens with two attached hydrogens (primary N) is 1. The van der Waals surface area contributed by atoms with Crippen LogP contribution < -0.4 is 11.1 Å². The van der Waals surface area contributed by atoms with Gasteiger partial charge in [-0.3, -0.25) is 10.1 Å². The Morgan fingerprint density at radius 2 is 2.07 bits per heavy atom. The molecule has 0 spiro atoms.